The van der Waals surface area contributed by atoms with E-state index in [9.17, 15) is 26.4 Å². The smallest absolute Gasteiger partial charge is 0.416 e. The number of carbonyl (C=O) groups excluding carboxylic acids is 1. The summed E-state index contributed by atoms with van der Waals surface area (Å²) >= 11 is 0. The summed E-state index contributed by atoms with van der Waals surface area (Å²) in [6.07, 6.45) is -3.55. The lowest BCUT2D eigenvalue weighted by Gasteiger charge is -2.26. The van der Waals surface area contributed by atoms with Crippen LogP contribution >= 0.6 is 0 Å². The number of methoxy groups -OCH3 is 4. The summed E-state index contributed by atoms with van der Waals surface area (Å²) in [5.41, 5.74) is 1.31. The van der Waals surface area contributed by atoms with Gasteiger partial charge in [-0.15, -0.1) is 0 Å². The summed E-state index contributed by atoms with van der Waals surface area (Å²) in [5, 5.41) is 3.69. The van der Waals surface area contributed by atoms with Gasteiger partial charge in [-0.3, -0.25) is 9.10 Å². The van der Waals surface area contributed by atoms with Crippen molar-refractivity contribution in [2.45, 2.75) is 11.1 Å². The lowest BCUT2D eigenvalue weighted by atomic mass is 10.1. The van der Waals surface area contributed by atoms with E-state index >= 15 is 0 Å². The molecular formula is C26H26F3N3O7S. The fourth-order valence-corrected chi connectivity index (χ4v) is 4.97. The summed E-state index contributed by atoms with van der Waals surface area (Å²) in [7, 11) is 1.00. The molecule has 0 radical (unpaired) electrons. The number of sulfonamides is 1. The largest absolute Gasteiger partial charge is 0.497 e. The first-order valence-corrected chi connectivity index (χ1v) is 12.8. The summed E-state index contributed by atoms with van der Waals surface area (Å²) in [6.45, 7) is -0.778. The molecule has 0 spiro atoms. The van der Waals surface area contributed by atoms with Crippen LogP contribution in [0.3, 0.4) is 0 Å². The summed E-state index contributed by atoms with van der Waals surface area (Å²) < 4.78 is 88.3. The van der Waals surface area contributed by atoms with Crippen molar-refractivity contribution in [2.24, 2.45) is 5.10 Å². The summed E-state index contributed by atoms with van der Waals surface area (Å²) in [6, 6.07) is 12.6. The first-order chi connectivity index (χ1) is 18.9. The molecule has 1 N–H and O–H groups in total. The minimum Gasteiger partial charge on any atom is -0.497 e. The third-order valence-corrected chi connectivity index (χ3v) is 7.26. The maximum absolute atomic E-state index is 13.8. The molecule has 3 aromatic carbocycles. The molecule has 0 aliphatic rings. The normalized spacial score (nSPS) is 11.7. The van der Waals surface area contributed by atoms with Crippen molar-refractivity contribution in [1.82, 2.24) is 5.43 Å². The van der Waals surface area contributed by atoms with Crippen LogP contribution in [0.25, 0.3) is 0 Å². The molecule has 0 unspecified atom stereocenters. The van der Waals surface area contributed by atoms with Crippen LogP contribution in [-0.2, 0) is 21.0 Å². The number of nitrogens with one attached hydrogen (secondary N) is 1. The van der Waals surface area contributed by atoms with Crippen LogP contribution in [-0.4, -0.2) is 55.5 Å². The highest BCUT2D eigenvalue weighted by molar-refractivity contribution is 7.92. The van der Waals surface area contributed by atoms with Crippen molar-refractivity contribution in [1.29, 1.82) is 0 Å². The predicted molar refractivity (Wildman–Crippen MR) is 141 cm³/mol. The van der Waals surface area contributed by atoms with Gasteiger partial charge in [0.05, 0.1) is 50.8 Å². The van der Waals surface area contributed by atoms with Gasteiger partial charge in [-0.05, 0) is 42.0 Å². The Balaban J connectivity index is 1.98. The van der Waals surface area contributed by atoms with Crippen molar-refractivity contribution in [3.63, 3.8) is 0 Å². The van der Waals surface area contributed by atoms with Gasteiger partial charge in [-0.25, -0.2) is 13.8 Å². The zero-order chi connectivity index (χ0) is 29.5. The van der Waals surface area contributed by atoms with Crippen molar-refractivity contribution >= 4 is 27.8 Å². The molecular weight excluding hydrogens is 555 g/mol. The molecule has 0 heterocycles. The average molecular weight is 582 g/mol. The van der Waals surface area contributed by atoms with Crippen LogP contribution in [0.5, 0.6) is 23.0 Å². The van der Waals surface area contributed by atoms with Gasteiger partial charge < -0.3 is 18.9 Å². The number of nitrogens with zero attached hydrogens (tertiary/aromatic N) is 2. The highest BCUT2D eigenvalue weighted by Crippen LogP contribution is 2.37. The highest BCUT2D eigenvalue weighted by Gasteiger charge is 2.31. The van der Waals surface area contributed by atoms with E-state index in [4.69, 9.17) is 18.9 Å². The van der Waals surface area contributed by atoms with Crippen LogP contribution in [0.4, 0.5) is 18.9 Å². The van der Waals surface area contributed by atoms with Crippen LogP contribution in [0.2, 0.25) is 0 Å². The van der Waals surface area contributed by atoms with Crippen LogP contribution in [0.15, 0.2) is 70.7 Å². The quantitative estimate of drug-likeness (QED) is 0.268. The van der Waals surface area contributed by atoms with Crippen LogP contribution in [0, 0.1) is 0 Å². The van der Waals surface area contributed by atoms with E-state index in [2.05, 4.69) is 10.5 Å². The summed E-state index contributed by atoms with van der Waals surface area (Å²) in [5.74, 6) is -0.0709. The van der Waals surface area contributed by atoms with Crippen molar-refractivity contribution in [3.05, 3.63) is 71.8 Å². The van der Waals surface area contributed by atoms with Crippen molar-refractivity contribution < 1.29 is 45.3 Å². The van der Waals surface area contributed by atoms with E-state index < -0.39 is 34.2 Å². The molecule has 0 fully saturated rings. The zero-order valence-corrected chi connectivity index (χ0v) is 22.7. The topological polar surface area (TPSA) is 116 Å². The molecule has 3 rings (SSSR count). The number of benzene rings is 3. The van der Waals surface area contributed by atoms with Gasteiger partial charge in [0.15, 0.2) is 11.5 Å². The molecule has 10 nitrogen and oxygen atoms in total. The maximum atomic E-state index is 13.8. The fraction of sp³-hybridized carbons (Fsp3) is 0.231. The van der Waals surface area contributed by atoms with Crippen molar-refractivity contribution in [2.75, 3.05) is 39.3 Å². The number of rotatable bonds is 11. The Bertz CT molecular complexity index is 1500. The van der Waals surface area contributed by atoms with E-state index in [-0.39, 0.29) is 39.1 Å². The number of alkyl halides is 3. The number of hydrazone groups is 1. The highest BCUT2D eigenvalue weighted by atomic mass is 32.2. The molecule has 3 aromatic rings. The Morgan fingerprint density at radius 3 is 2.20 bits per heavy atom. The minimum atomic E-state index is -4.55. The van der Waals surface area contributed by atoms with Gasteiger partial charge in [0.1, 0.15) is 18.0 Å². The molecule has 14 heteroatoms. The lowest BCUT2D eigenvalue weighted by Crippen LogP contribution is -2.39. The van der Waals surface area contributed by atoms with E-state index in [0.717, 1.165) is 22.7 Å². The molecule has 0 aliphatic carbocycles. The third-order valence-electron chi connectivity index (χ3n) is 5.50. The van der Waals surface area contributed by atoms with Gasteiger partial charge in [-0.2, -0.15) is 18.3 Å². The molecule has 0 aliphatic heterocycles. The molecule has 0 saturated carbocycles. The van der Waals surface area contributed by atoms with Gasteiger partial charge in [0, 0.05) is 12.1 Å². The standard InChI is InChI=1S/C26H26F3N3O7S/c1-36-19-8-10-22(37-2)21(13-19)32(40(34,35)20-9-11-23(38-3)24(14-20)39-4)16-25(33)31-30-15-17-6-5-7-18(12-17)26(27,28)29/h5-15H,16H2,1-4H3,(H,31,33)/b30-15-. The number of hydrogen-bond acceptors (Lipinski definition) is 8. The third kappa shape index (κ3) is 6.94. The maximum Gasteiger partial charge on any atom is 0.416 e. The number of carbonyl (C=O) groups is 1. The second-order valence-corrected chi connectivity index (χ2v) is 9.84. The molecule has 0 saturated heterocycles. The first-order valence-electron chi connectivity index (χ1n) is 11.4. The molecule has 40 heavy (non-hydrogen) atoms. The molecule has 214 valence electrons. The molecule has 1 amide bonds. The van der Waals surface area contributed by atoms with E-state index in [0.29, 0.717) is 0 Å². The summed E-state index contributed by atoms with van der Waals surface area (Å²) in [4.78, 5) is 12.6. The second kappa shape index (κ2) is 12.6. The van der Waals surface area contributed by atoms with Gasteiger partial charge in [0.2, 0.25) is 0 Å². The second-order valence-electron chi connectivity index (χ2n) is 7.98. The Kier molecular flexibility index (Phi) is 9.47. The molecule has 0 atom stereocenters. The monoisotopic (exact) mass is 581 g/mol. The van der Waals surface area contributed by atoms with Gasteiger partial charge in [-0.1, -0.05) is 12.1 Å². The van der Waals surface area contributed by atoms with E-state index in [1.165, 1.54) is 70.9 Å². The number of anilines is 1. The molecule has 0 bridgehead atoms. The van der Waals surface area contributed by atoms with Gasteiger partial charge >= 0.3 is 6.18 Å². The number of amides is 1. The van der Waals surface area contributed by atoms with E-state index in [1.54, 1.807) is 6.07 Å². The first kappa shape index (κ1) is 30.1. The lowest BCUT2D eigenvalue weighted by molar-refractivity contribution is -0.137. The zero-order valence-electron chi connectivity index (χ0n) is 21.9. The van der Waals surface area contributed by atoms with E-state index in [1.807, 2.05) is 0 Å². The Hall–Kier alpha value is -4.46. The Morgan fingerprint density at radius 1 is 0.900 bits per heavy atom. The SMILES string of the molecule is COc1ccc(OC)c(N(CC(=O)N/N=C\c2cccc(C(F)(F)F)c2)S(=O)(=O)c2ccc(OC)c(OC)c2)c1. The Labute approximate surface area is 229 Å². The van der Waals surface area contributed by atoms with Crippen molar-refractivity contribution in [3.8, 4) is 23.0 Å². The number of hydrogen-bond donors (Lipinski definition) is 1. The number of halogens is 3. The van der Waals surface area contributed by atoms with Crippen LogP contribution < -0.4 is 28.7 Å². The Morgan fingerprint density at radius 2 is 1.57 bits per heavy atom. The predicted octanol–water partition coefficient (Wildman–Crippen LogP) is 4.09. The molecule has 0 aromatic heterocycles. The number of ether oxygens (including phenoxy) is 4. The fourth-order valence-electron chi connectivity index (χ4n) is 3.54. The van der Waals surface area contributed by atoms with Crippen LogP contribution in [0.1, 0.15) is 11.1 Å². The average Bonchev–Trinajstić information content (AvgIpc) is 2.94. The minimum absolute atomic E-state index is 0.0198. The van der Waals surface area contributed by atoms with Gasteiger partial charge in [0.25, 0.3) is 15.9 Å².